The summed E-state index contributed by atoms with van der Waals surface area (Å²) in [6.07, 6.45) is 1.26. The molecular formula is C13H19FN2O3. The topological polar surface area (TPSA) is 60.5 Å². The summed E-state index contributed by atoms with van der Waals surface area (Å²) in [6.45, 7) is 6.91. The third-order valence-corrected chi connectivity index (χ3v) is 2.33. The molecular weight excluding hydrogens is 251 g/mol. The van der Waals surface area contributed by atoms with Crippen molar-refractivity contribution < 1.29 is 18.7 Å². The number of ether oxygens (including phenoxy) is 2. The average molecular weight is 270 g/mol. The number of nitrogens with one attached hydrogen (secondary N) is 1. The molecule has 0 fully saturated rings. The van der Waals surface area contributed by atoms with Gasteiger partial charge in [0.15, 0.2) is 0 Å². The van der Waals surface area contributed by atoms with E-state index < -0.39 is 23.6 Å². The highest BCUT2D eigenvalue weighted by Crippen LogP contribution is 2.27. The molecule has 1 amide bonds. The van der Waals surface area contributed by atoms with E-state index >= 15 is 0 Å². The van der Waals surface area contributed by atoms with E-state index in [-0.39, 0.29) is 11.3 Å². The Morgan fingerprint density at radius 2 is 2.05 bits per heavy atom. The van der Waals surface area contributed by atoms with Gasteiger partial charge in [-0.15, -0.1) is 0 Å². The van der Waals surface area contributed by atoms with E-state index in [9.17, 15) is 9.18 Å². The van der Waals surface area contributed by atoms with Crippen molar-refractivity contribution in [2.45, 2.75) is 39.4 Å². The number of carbonyl (C=O) groups is 1. The lowest BCUT2D eigenvalue weighted by Crippen LogP contribution is -2.27. The van der Waals surface area contributed by atoms with Crippen LogP contribution in [0, 0.1) is 5.82 Å². The number of hydrogen-bond acceptors (Lipinski definition) is 4. The van der Waals surface area contributed by atoms with E-state index in [1.54, 1.807) is 27.7 Å². The summed E-state index contributed by atoms with van der Waals surface area (Å²) in [6, 6.07) is 0. The number of amides is 1. The van der Waals surface area contributed by atoms with Gasteiger partial charge in [-0.3, -0.25) is 10.3 Å². The van der Waals surface area contributed by atoms with Crippen molar-refractivity contribution >= 4 is 11.8 Å². The second-order valence-corrected chi connectivity index (χ2v) is 5.09. The Labute approximate surface area is 112 Å². The Bertz CT molecular complexity index is 458. The van der Waals surface area contributed by atoms with E-state index in [4.69, 9.17) is 9.47 Å². The molecule has 0 aliphatic heterocycles. The Morgan fingerprint density at radius 3 is 2.58 bits per heavy atom. The fourth-order valence-electron chi connectivity index (χ4n) is 1.49. The van der Waals surface area contributed by atoms with Crippen LogP contribution in [0.5, 0.6) is 0 Å². The summed E-state index contributed by atoms with van der Waals surface area (Å²) in [5.74, 6) is -0.539. The number of nitrogens with zero attached hydrogens (tertiary/aromatic N) is 1. The largest absolute Gasteiger partial charge is 0.444 e. The van der Waals surface area contributed by atoms with Gasteiger partial charge in [-0.05, 0) is 27.7 Å². The molecule has 0 aromatic carbocycles. The molecule has 0 spiro atoms. The normalized spacial score (nSPS) is 12.9. The van der Waals surface area contributed by atoms with Gasteiger partial charge in [-0.25, -0.2) is 9.18 Å². The van der Waals surface area contributed by atoms with Crippen molar-refractivity contribution in [1.82, 2.24) is 4.98 Å². The smallest absolute Gasteiger partial charge is 0.412 e. The summed E-state index contributed by atoms with van der Waals surface area (Å²) in [4.78, 5) is 15.4. The van der Waals surface area contributed by atoms with Crippen LogP contribution >= 0.6 is 0 Å². The number of aromatic nitrogens is 1. The number of methoxy groups -OCH3 is 1. The third-order valence-electron chi connectivity index (χ3n) is 2.33. The minimum atomic E-state index is -0.663. The van der Waals surface area contributed by atoms with Crippen molar-refractivity contribution in [3.8, 4) is 0 Å². The standard InChI is InChI=1S/C13H19FN2O3/c1-8(18-5)11-9(14)6-15-7-10(11)16-12(17)19-13(2,3)4/h6-8H,1-5H3,(H,16,17). The highest BCUT2D eigenvalue weighted by molar-refractivity contribution is 5.85. The molecule has 0 aliphatic rings. The van der Waals surface area contributed by atoms with Crippen molar-refractivity contribution in [2.24, 2.45) is 0 Å². The van der Waals surface area contributed by atoms with E-state index in [1.165, 1.54) is 13.3 Å². The fourth-order valence-corrected chi connectivity index (χ4v) is 1.49. The first-order chi connectivity index (χ1) is 8.74. The van der Waals surface area contributed by atoms with Crippen LogP contribution in [-0.4, -0.2) is 23.8 Å². The lowest BCUT2D eigenvalue weighted by molar-refractivity contribution is 0.0634. The second-order valence-electron chi connectivity index (χ2n) is 5.09. The molecule has 1 heterocycles. The van der Waals surface area contributed by atoms with Gasteiger partial charge in [0.1, 0.15) is 11.4 Å². The molecule has 0 saturated carbocycles. The first-order valence-corrected chi connectivity index (χ1v) is 5.91. The molecule has 5 nitrogen and oxygen atoms in total. The molecule has 0 bridgehead atoms. The van der Waals surface area contributed by atoms with E-state index in [1.807, 2.05) is 0 Å². The third kappa shape index (κ3) is 4.48. The molecule has 1 atom stereocenters. The van der Waals surface area contributed by atoms with Gasteiger partial charge < -0.3 is 9.47 Å². The van der Waals surface area contributed by atoms with Crippen LogP contribution in [-0.2, 0) is 9.47 Å². The summed E-state index contributed by atoms with van der Waals surface area (Å²) < 4.78 is 23.9. The predicted octanol–water partition coefficient (Wildman–Crippen LogP) is 3.28. The summed E-state index contributed by atoms with van der Waals surface area (Å²) in [5, 5.41) is 2.48. The minimum absolute atomic E-state index is 0.239. The van der Waals surface area contributed by atoms with Gasteiger partial charge in [0.2, 0.25) is 0 Å². The maximum atomic E-state index is 13.7. The minimum Gasteiger partial charge on any atom is -0.444 e. The van der Waals surface area contributed by atoms with Crippen LogP contribution in [0.15, 0.2) is 12.4 Å². The van der Waals surface area contributed by atoms with Gasteiger partial charge in [-0.1, -0.05) is 0 Å². The van der Waals surface area contributed by atoms with Gasteiger partial charge in [0, 0.05) is 12.7 Å². The average Bonchev–Trinajstić information content (AvgIpc) is 2.25. The van der Waals surface area contributed by atoms with Crippen LogP contribution < -0.4 is 5.32 Å². The van der Waals surface area contributed by atoms with Gasteiger partial charge >= 0.3 is 6.09 Å². The van der Waals surface area contributed by atoms with E-state index in [0.29, 0.717) is 0 Å². The van der Waals surface area contributed by atoms with Crippen LogP contribution in [0.3, 0.4) is 0 Å². The maximum absolute atomic E-state index is 13.7. The molecule has 1 rings (SSSR count). The highest BCUT2D eigenvalue weighted by Gasteiger charge is 2.21. The fraction of sp³-hybridized carbons (Fsp3) is 0.538. The van der Waals surface area contributed by atoms with Crippen molar-refractivity contribution in [1.29, 1.82) is 0 Å². The lowest BCUT2D eigenvalue weighted by atomic mass is 10.1. The summed E-state index contributed by atoms with van der Waals surface area (Å²) >= 11 is 0. The van der Waals surface area contributed by atoms with Crippen LogP contribution in [0.25, 0.3) is 0 Å². The zero-order chi connectivity index (χ0) is 14.6. The molecule has 6 heteroatoms. The molecule has 0 aliphatic carbocycles. The van der Waals surface area contributed by atoms with Crippen molar-refractivity contribution in [3.05, 3.63) is 23.8 Å². The summed E-state index contributed by atoms with van der Waals surface area (Å²) in [7, 11) is 1.46. The quantitative estimate of drug-likeness (QED) is 0.915. The van der Waals surface area contributed by atoms with Crippen LogP contribution in [0.2, 0.25) is 0 Å². The molecule has 1 aromatic heterocycles. The predicted molar refractivity (Wildman–Crippen MR) is 69.5 cm³/mol. The summed E-state index contributed by atoms with van der Waals surface area (Å²) in [5.41, 5.74) is -0.148. The number of pyridine rings is 1. The van der Waals surface area contributed by atoms with E-state index in [0.717, 1.165) is 6.20 Å². The Morgan fingerprint density at radius 1 is 1.42 bits per heavy atom. The molecule has 0 radical (unpaired) electrons. The Hall–Kier alpha value is -1.69. The van der Waals surface area contributed by atoms with Crippen LogP contribution in [0.1, 0.15) is 39.4 Å². The van der Waals surface area contributed by atoms with E-state index in [2.05, 4.69) is 10.3 Å². The number of anilines is 1. The first kappa shape index (κ1) is 15.4. The zero-order valence-electron chi connectivity index (χ0n) is 11.8. The second kappa shape index (κ2) is 5.97. The van der Waals surface area contributed by atoms with Gasteiger partial charge in [0.05, 0.1) is 24.2 Å². The molecule has 19 heavy (non-hydrogen) atoms. The highest BCUT2D eigenvalue weighted by atomic mass is 19.1. The van der Waals surface area contributed by atoms with Crippen molar-refractivity contribution in [2.75, 3.05) is 12.4 Å². The maximum Gasteiger partial charge on any atom is 0.412 e. The monoisotopic (exact) mass is 270 g/mol. The molecule has 0 saturated heterocycles. The zero-order valence-corrected chi connectivity index (χ0v) is 11.8. The van der Waals surface area contributed by atoms with Crippen LogP contribution in [0.4, 0.5) is 14.9 Å². The SMILES string of the molecule is COC(C)c1c(F)cncc1NC(=O)OC(C)(C)C. The van der Waals surface area contributed by atoms with Gasteiger partial charge in [-0.2, -0.15) is 0 Å². The Balaban J connectivity index is 2.95. The van der Waals surface area contributed by atoms with Crippen molar-refractivity contribution in [3.63, 3.8) is 0 Å². The molecule has 106 valence electrons. The number of hydrogen-bond donors (Lipinski definition) is 1. The number of rotatable bonds is 3. The molecule has 1 N–H and O–H groups in total. The molecule has 1 unspecified atom stereocenters. The number of carbonyl (C=O) groups excluding carboxylic acids is 1. The Kier molecular flexibility index (Phi) is 4.83. The van der Waals surface area contributed by atoms with Gasteiger partial charge in [0.25, 0.3) is 0 Å². The molecule has 1 aromatic rings. The first-order valence-electron chi connectivity index (χ1n) is 5.91. The lowest BCUT2D eigenvalue weighted by Gasteiger charge is -2.21. The number of halogens is 1.